The molecule has 2 rings (SSSR count). The first-order chi connectivity index (χ1) is 10.1. The first-order valence-corrected chi connectivity index (χ1v) is 6.49. The fourth-order valence-corrected chi connectivity index (χ4v) is 2.48. The van der Waals surface area contributed by atoms with E-state index in [-0.39, 0.29) is 25.5 Å². The van der Waals surface area contributed by atoms with Gasteiger partial charge in [0.2, 0.25) is 0 Å². The average molecular weight is 367 g/mol. The maximum Gasteiger partial charge on any atom is 0.419 e. The van der Waals surface area contributed by atoms with E-state index in [4.69, 9.17) is 0 Å². The summed E-state index contributed by atoms with van der Waals surface area (Å²) < 4.78 is 90.8. The standard InChI is InChI=1S/C13H13F7N2.ClH/c14-10-7-8(1-2-9(10)12(15,16)17)11(13(18,19)20)22-5-3-21-4-6-22;/h1-2,7,11,21H,3-6H2;1H/t11-;/m0./s1. The Labute approximate surface area is 134 Å². The predicted octanol–water partition coefficient (Wildman–Crippen LogP) is 3.77. The molecule has 0 aliphatic carbocycles. The van der Waals surface area contributed by atoms with E-state index in [1.54, 1.807) is 0 Å². The molecule has 1 heterocycles. The van der Waals surface area contributed by atoms with E-state index in [9.17, 15) is 30.7 Å². The van der Waals surface area contributed by atoms with E-state index in [0.29, 0.717) is 31.3 Å². The van der Waals surface area contributed by atoms with Crippen LogP contribution in [0.3, 0.4) is 0 Å². The van der Waals surface area contributed by atoms with E-state index in [0.717, 1.165) is 4.90 Å². The van der Waals surface area contributed by atoms with Crippen molar-refractivity contribution in [1.29, 1.82) is 0 Å². The molecule has 0 unspecified atom stereocenters. The van der Waals surface area contributed by atoms with Crippen LogP contribution >= 0.6 is 12.4 Å². The minimum Gasteiger partial charge on any atom is -0.314 e. The smallest absolute Gasteiger partial charge is 0.314 e. The maximum atomic E-state index is 13.5. The van der Waals surface area contributed by atoms with Gasteiger partial charge >= 0.3 is 12.4 Å². The Hall–Kier alpha value is -1.06. The number of hydrogen-bond acceptors (Lipinski definition) is 2. The van der Waals surface area contributed by atoms with Crippen LogP contribution < -0.4 is 5.32 Å². The van der Waals surface area contributed by atoms with Crippen molar-refractivity contribution in [3.63, 3.8) is 0 Å². The first kappa shape index (κ1) is 20.0. The molecule has 1 saturated heterocycles. The number of halogens is 8. The molecule has 0 radical (unpaired) electrons. The summed E-state index contributed by atoms with van der Waals surface area (Å²) >= 11 is 0. The van der Waals surface area contributed by atoms with E-state index >= 15 is 0 Å². The third kappa shape index (κ3) is 4.71. The molecule has 1 aromatic carbocycles. The normalized spacial score (nSPS) is 18.4. The van der Waals surface area contributed by atoms with Crippen LogP contribution in [0.25, 0.3) is 0 Å². The van der Waals surface area contributed by atoms with Crippen molar-refractivity contribution in [2.75, 3.05) is 26.2 Å². The van der Waals surface area contributed by atoms with Gasteiger partial charge in [0.1, 0.15) is 11.9 Å². The highest BCUT2D eigenvalue weighted by molar-refractivity contribution is 5.85. The monoisotopic (exact) mass is 366 g/mol. The molecule has 1 N–H and O–H groups in total. The summed E-state index contributed by atoms with van der Waals surface area (Å²) in [4.78, 5) is 1.08. The summed E-state index contributed by atoms with van der Waals surface area (Å²) in [6.45, 7) is 0.811. The molecule has 1 aliphatic rings. The van der Waals surface area contributed by atoms with Crippen LogP contribution in [-0.2, 0) is 6.18 Å². The minimum absolute atomic E-state index is 0. The fraction of sp³-hybridized carbons (Fsp3) is 0.538. The molecule has 0 aromatic heterocycles. The molecule has 1 aliphatic heterocycles. The second-order valence-corrected chi connectivity index (χ2v) is 4.97. The molecule has 132 valence electrons. The number of nitrogens with zero attached hydrogens (tertiary/aromatic N) is 1. The minimum atomic E-state index is -4.94. The Morgan fingerprint density at radius 3 is 2.00 bits per heavy atom. The topological polar surface area (TPSA) is 15.3 Å². The Bertz CT molecular complexity index is 524. The Kier molecular flexibility index (Phi) is 6.28. The van der Waals surface area contributed by atoms with Crippen LogP contribution in [0, 0.1) is 5.82 Å². The van der Waals surface area contributed by atoms with Crippen LogP contribution in [0.5, 0.6) is 0 Å². The lowest BCUT2D eigenvalue weighted by molar-refractivity contribution is -0.187. The summed E-state index contributed by atoms with van der Waals surface area (Å²) in [5.41, 5.74) is -2.10. The second kappa shape index (κ2) is 7.23. The third-order valence-corrected chi connectivity index (χ3v) is 3.44. The lowest BCUT2D eigenvalue weighted by Crippen LogP contribution is -2.49. The van der Waals surface area contributed by atoms with Crippen molar-refractivity contribution in [3.05, 3.63) is 35.1 Å². The molecule has 0 saturated carbocycles. The Balaban J connectivity index is 0.00000264. The van der Waals surface area contributed by atoms with Gasteiger partial charge in [-0.25, -0.2) is 4.39 Å². The van der Waals surface area contributed by atoms with E-state index in [1.165, 1.54) is 0 Å². The van der Waals surface area contributed by atoms with Gasteiger partial charge in [-0.1, -0.05) is 6.07 Å². The molecule has 0 amide bonds. The van der Waals surface area contributed by atoms with Crippen LogP contribution in [-0.4, -0.2) is 37.3 Å². The molecule has 0 spiro atoms. The van der Waals surface area contributed by atoms with Crippen molar-refractivity contribution < 1.29 is 30.7 Å². The number of rotatable bonds is 2. The molecular weight excluding hydrogens is 353 g/mol. The lowest BCUT2D eigenvalue weighted by Gasteiger charge is -2.36. The maximum absolute atomic E-state index is 13.5. The first-order valence-electron chi connectivity index (χ1n) is 6.49. The summed E-state index contributed by atoms with van der Waals surface area (Å²) in [7, 11) is 0. The van der Waals surface area contributed by atoms with Gasteiger partial charge in [0.25, 0.3) is 0 Å². The van der Waals surface area contributed by atoms with Gasteiger partial charge in [-0.2, -0.15) is 26.3 Å². The number of nitrogens with one attached hydrogen (secondary N) is 1. The quantitative estimate of drug-likeness (QED) is 0.802. The average Bonchev–Trinajstić information content (AvgIpc) is 2.37. The number of alkyl halides is 6. The SMILES string of the molecule is Cl.Fc1cc([C@H](N2CCNCC2)C(F)(F)F)ccc1C(F)(F)F. The van der Waals surface area contributed by atoms with Crippen molar-refractivity contribution >= 4 is 12.4 Å². The molecule has 10 heteroatoms. The van der Waals surface area contributed by atoms with E-state index in [2.05, 4.69) is 5.32 Å². The largest absolute Gasteiger partial charge is 0.419 e. The zero-order valence-electron chi connectivity index (χ0n) is 11.6. The van der Waals surface area contributed by atoms with Gasteiger partial charge in [0, 0.05) is 26.2 Å². The van der Waals surface area contributed by atoms with Crippen molar-refractivity contribution in [2.45, 2.75) is 18.4 Å². The van der Waals surface area contributed by atoms with Crippen LogP contribution in [0.15, 0.2) is 18.2 Å². The highest BCUT2D eigenvalue weighted by Gasteiger charge is 2.45. The highest BCUT2D eigenvalue weighted by Crippen LogP contribution is 2.40. The highest BCUT2D eigenvalue weighted by atomic mass is 35.5. The van der Waals surface area contributed by atoms with Gasteiger partial charge in [-0.05, 0) is 17.7 Å². The number of benzene rings is 1. The lowest BCUT2D eigenvalue weighted by atomic mass is 10.0. The molecule has 0 bridgehead atoms. The van der Waals surface area contributed by atoms with E-state index < -0.39 is 35.3 Å². The summed E-state index contributed by atoms with van der Waals surface area (Å²) in [5.74, 6) is -1.70. The number of hydrogen-bond donors (Lipinski definition) is 1. The Morgan fingerprint density at radius 2 is 1.57 bits per heavy atom. The zero-order chi connectivity index (χ0) is 16.5. The molecule has 2 nitrogen and oxygen atoms in total. The molecule has 23 heavy (non-hydrogen) atoms. The predicted molar refractivity (Wildman–Crippen MR) is 71.9 cm³/mol. The molecule has 1 fully saturated rings. The summed E-state index contributed by atoms with van der Waals surface area (Å²) in [5, 5.41) is 2.88. The van der Waals surface area contributed by atoms with Crippen LogP contribution in [0.4, 0.5) is 30.7 Å². The zero-order valence-corrected chi connectivity index (χ0v) is 12.5. The molecule has 1 aromatic rings. The van der Waals surface area contributed by atoms with Gasteiger partial charge in [0.15, 0.2) is 0 Å². The van der Waals surface area contributed by atoms with Crippen LogP contribution in [0.2, 0.25) is 0 Å². The van der Waals surface area contributed by atoms with E-state index in [1.807, 2.05) is 0 Å². The van der Waals surface area contributed by atoms with Gasteiger partial charge in [0.05, 0.1) is 5.56 Å². The Morgan fingerprint density at radius 1 is 1.00 bits per heavy atom. The fourth-order valence-electron chi connectivity index (χ4n) is 2.48. The van der Waals surface area contributed by atoms with Crippen molar-refractivity contribution in [1.82, 2.24) is 10.2 Å². The van der Waals surface area contributed by atoms with Crippen molar-refractivity contribution in [2.24, 2.45) is 0 Å². The second-order valence-electron chi connectivity index (χ2n) is 4.97. The van der Waals surface area contributed by atoms with Gasteiger partial charge in [-0.3, -0.25) is 4.90 Å². The molecular formula is C13H14ClF7N2. The summed E-state index contributed by atoms with van der Waals surface area (Å²) in [6.07, 6.45) is -9.64. The molecule has 1 atom stereocenters. The third-order valence-electron chi connectivity index (χ3n) is 3.44. The summed E-state index contributed by atoms with van der Waals surface area (Å²) in [6, 6.07) is -0.757. The van der Waals surface area contributed by atoms with Crippen LogP contribution in [0.1, 0.15) is 17.2 Å². The van der Waals surface area contributed by atoms with Crippen molar-refractivity contribution in [3.8, 4) is 0 Å². The number of piperazine rings is 1. The van der Waals surface area contributed by atoms with Gasteiger partial charge in [-0.15, -0.1) is 12.4 Å². The van der Waals surface area contributed by atoms with Gasteiger partial charge < -0.3 is 5.32 Å².